The molecule has 0 spiro atoms. The van der Waals surface area contributed by atoms with E-state index in [0.29, 0.717) is 18.1 Å². The monoisotopic (exact) mass is 415 g/mol. The van der Waals surface area contributed by atoms with Gasteiger partial charge in [0.1, 0.15) is 11.4 Å². The summed E-state index contributed by atoms with van der Waals surface area (Å²) in [6.07, 6.45) is -4.40. The van der Waals surface area contributed by atoms with E-state index >= 15 is 0 Å². The summed E-state index contributed by atoms with van der Waals surface area (Å²) < 4.78 is 42.1. The minimum Gasteiger partial charge on any atom is -0.484 e. The lowest BCUT2D eigenvalue weighted by atomic mass is 10.1. The van der Waals surface area contributed by atoms with Crippen molar-refractivity contribution in [3.63, 3.8) is 0 Å². The topological polar surface area (TPSA) is 65.9 Å². The molecule has 154 valence electrons. The minimum atomic E-state index is -4.40. The van der Waals surface area contributed by atoms with Gasteiger partial charge in [-0.2, -0.15) is 13.2 Å². The summed E-state index contributed by atoms with van der Waals surface area (Å²) in [5.41, 5.74) is -0.535. The average Bonchev–Trinajstić information content (AvgIpc) is 3.18. The SMILES string of the molecule is CCNC(=NCc1ccccc1OCC(F)(F)F)NCC(C)(O)c1cccs1. The first-order valence-electron chi connectivity index (χ1n) is 8.77. The number of nitrogens with one attached hydrogen (secondary N) is 2. The predicted molar refractivity (Wildman–Crippen MR) is 105 cm³/mol. The Morgan fingerprint density at radius 1 is 1.18 bits per heavy atom. The Labute approximate surface area is 166 Å². The Bertz CT molecular complexity index is 762. The maximum Gasteiger partial charge on any atom is 0.422 e. The zero-order valence-electron chi connectivity index (χ0n) is 15.7. The molecule has 1 heterocycles. The fourth-order valence-corrected chi connectivity index (χ4v) is 3.16. The normalized spacial score (nSPS) is 14.4. The first kappa shape index (κ1) is 22.0. The molecule has 5 nitrogen and oxygen atoms in total. The van der Waals surface area contributed by atoms with Gasteiger partial charge in [0.15, 0.2) is 12.6 Å². The number of ether oxygens (including phenoxy) is 1. The number of thiophene rings is 1. The number of aliphatic hydroxyl groups is 1. The number of nitrogens with zero attached hydrogens (tertiary/aromatic N) is 1. The Morgan fingerprint density at radius 3 is 2.57 bits per heavy atom. The second-order valence-electron chi connectivity index (χ2n) is 6.31. The molecule has 3 N–H and O–H groups in total. The number of para-hydroxylation sites is 1. The molecule has 1 atom stereocenters. The van der Waals surface area contributed by atoms with E-state index in [0.717, 1.165) is 4.88 Å². The molecule has 0 fully saturated rings. The summed E-state index contributed by atoms with van der Waals surface area (Å²) in [7, 11) is 0. The molecule has 0 amide bonds. The molecule has 9 heteroatoms. The first-order chi connectivity index (χ1) is 13.2. The molecule has 2 aromatic rings. The minimum absolute atomic E-state index is 0.129. The fraction of sp³-hybridized carbons (Fsp3) is 0.421. The van der Waals surface area contributed by atoms with Crippen LogP contribution in [-0.2, 0) is 12.1 Å². The fourth-order valence-electron chi connectivity index (χ4n) is 2.37. The van der Waals surface area contributed by atoms with E-state index in [1.165, 1.54) is 17.4 Å². The van der Waals surface area contributed by atoms with Crippen LogP contribution in [0.4, 0.5) is 13.2 Å². The van der Waals surface area contributed by atoms with E-state index in [4.69, 9.17) is 4.74 Å². The summed E-state index contributed by atoms with van der Waals surface area (Å²) in [5, 5.41) is 18.6. The highest BCUT2D eigenvalue weighted by Crippen LogP contribution is 2.25. The van der Waals surface area contributed by atoms with Crippen LogP contribution in [0.25, 0.3) is 0 Å². The van der Waals surface area contributed by atoms with Crippen LogP contribution < -0.4 is 15.4 Å². The zero-order chi connectivity index (χ0) is 20.6. The van der Waals surface area contributed by atoms with Gasteiger partial charge in [-0.15, -0.1) is 11.3 Å². The van der Waals surface area contributed by atoms with E-state index in [1.807, 2.05) is 24.4 Å². The van der Waals surface area contributed by atoms with Gasteiger partial charge in [0.2, 0.25) is 0 Å². The third-order valence-corrected chi connectivity index (χ3v) is 4.89. The highest BCUT2D eigenvalue weighted by molar-refractivity contribution is 7.10. The molecule has 0 saturated carbocycles. The molecule has 1 aromatic heterocycles. The van der Waals surface area contributed by atoms with Crippen LogP contribution in [0.15, 0.2) is 46.8 Å². The highest BCUT2D eigenvalue weighted by Gasteiger charge is 2.28. The van der Waals surface area contributed by atoms with Crippen molar-refractivity contribution in [3.05, 3.63) is 52.2 Å². The number of guanidine groups is 1. The number of halogens is 3. The van der Waals surface area contributed by atoms with Gasteiger partial charge in [-0.1, -0.05) is 24.3 Å². The molecule has 0 radical (unpaired) electrons. The molecule has 0 aliphatic heterocycles. The molecule has 0 aliphatic carbocycles. The van der Waals surface area contributed by atoms with Crippen molar-refractivity contribution >= 4 is 17.3 Å². The molecule has 0 aliphatic rings. The summed E-state index contributed by atoms with van der Waals surface area (Å²) in [5.74, 6) is 0.593. The second-order valence-corrected chi connectivity index (χ2v) is 7.26. The quantitative estimate of drug-likeness (QED) is 0.455. The lowest BCUT2D eigenvalue weighted by molar-refractivity contribution is -0.153. The predicted octanol–water partition coefficient (Wildman–Crippen LogP) is 3.65. The van der Waals surface area contributed by atoms with Crippen molar-refractivity contribution in [2.24, 2.45) is 4.99 Å². The van der Waals surface area contributed by atoms with Crippen LogP contribution in [0.2, 0.25) is 0 Å². The van der Waals surface area contributed by atoms with Gasteiger partial charge in [-0.3, -0.25) is 0 Å². The van der Waals surface area contributed by atoms with Crippen molar-refractivity contribution < 1.29 is 23.0 Å². The van der Waals surface area contributed by atoms with Gasteiger partial charge >= 0.3 is 6.18 Å². The van der Waals surface area contributed by atoms with E-state index < -0.39 is 18.4 Å². The van der Waals surface area contributed by atoms with Crippen molar-refractivity contribution in [3.8, 4) is 5.75 Å². The van der Waals surface area contributed by atoms with E-state index in [-0.39, 0.29) is 18.8 Å². The van der Waals surface area contributed by atoms with Crippen molar-refractivity contribution in [2.45, 2.75) is 32.2 Å². The Balaban J connectivity index is 2.04. The maximum atomic E-state index is 12.4. The van der Waals surface area contributed by atoms with Gasteiger partial charge in [0.05, 0.1) is 13.1 Å². The lowest BCUT2D eigenvalue weighted by Crippen LogP contribution is -2.44. The van der Waals surface area contributed by atoms with E-state index in [1.54, 1.807) is 25.1 Å². The third-order valence-electron chi connectivity index (χ3n) is 3.77. The molecular formula is C19H24F3N3O2S. The lowest BCUT2D eigenvalue weighted by Gasteiger charge is -2.23. The van der Waals surface area contributed by atoms with Gasteiger partial charge < -0.3 is 20.5 Å². The number of aliphatic imine (C=N–C) groups is 1. The molecule has 0 bridgehead atoms. The van der Waals surface area contributed by atoms with Crippen LogP contribution in [0.5, 0.6) is 5.75 Å². The number of alkyl halides is 3. The highest BCUT2D eigenvalue weighted by atomic mass is 32.1. The smallest absolute Gasteiger partial charge is 0.422 e. The number of hydrogen-bond donors (Lipinski definition) is 3. The first-order valence-corrected chi connectivity index (χ1v) is 9.65. The van der Waals surface area contributed by atoms with Crippen molar-refractivity contribution in [1.29, 1.82) is 0 Å². The van der Waals surface area contributed by atoms with Crippen LogP contribution >= 0.6 is 11.3 Å². The van der Waals surface area contributed by atoms with Crippen molar-refractivity contribution in [2.75, 3.05) is 19.7 Å². The van der Waals surface area contributed by atoms with E-state index in [2.05, 4.69) is 15.6 Å². The Kier molecular flexibility index (Phi) is 7.70. The summed E-state index contributed by atoms with van der Waals surface area (Å²) in [4.78, 5) is 5.22. The van der Waals surface area contributed by atoms with Crippen LogP contribution in [0, 0.1) is 0 Å². The number of hydrogen-bond acceptors (Lipinski definition) is 4. The van der Waals surface area contributed by atoms with Gasteiger partial charge in [0, 0.05) is 17.0 Å². The number of rotatable bonds is 8. The van der Waals surface area contributed by atoms with Gasteiger partial charge in [0.25, 0.3) is 0 Å². The van der Waals surface area contributed by atoms with Crippen molar-refractivity contribution in [1.82, 2.24) is 10.6 Å². The summed E-state index contributed by atoms with van der Waals surface area (Å²) in [6, 6.07) is 10.2. The van der Waals surface area contributed by atoms with Gasteiger partial charge in [-0.25, -0.2) is 4.99 Å². The molecule has 1 aromatic carbocycles. The molecule has 0 saturated heterocycles. The molecular weight excluding hydrogens is 391 g/mol. The Morgan fingerprint density at radius 2 is 1.93 bits per heavy atom. The van der Waals surface area contributed by atoms with Crippen LogP contribution in [-0.4, -0.2) is 36.9 Å². The summed E-state index contributed by atoms with van der Waals surface area (Å²) >= 11 is 1.46. The summed E-state index contributed by atoms with van der Waals surface area (Å²) in [6.45, 7) is 3.20. The van der Waals surface area contributed by atoms with E-state index in [9.17, 15) is 18.3 Å². The molecule has 28 heavy (non-hydrogen) atoms. The maximum absolute atomic E-state index is 12.4. The molecule has 1 unspecified atom stereocenters. The Hall–Kier alpha value is -2.26. The second kappa shape index (κ2) is 9.79. The van der Waals surface area contributed by atoms with Gasteiger partial charge in [-0.05, 0) is 31.4 Å². The largest absolute Gasteiger partial charge is 0.484 e. The third kappa shape index (κ3) is 7.05. The molecule has 2 rings (SSSR count). The number of benzene rings is 1. The van der Waals surface area contributed by atoms with Crippen LogP contribution in [0.3, 0.4) is 0 Å². The standard InChI is InChI=1S/C19H24F3N3O2S/c1-3-23-17(25-12-18(2,26)16-9-6-10-28-16)24-11-14-7-4-5-8-15(14)27-13-19(20,21)22/h4-10,26H,3,11-13H2,1-2H3,(H2,23,24,25). The van der Waals surface area contributed by atoms with Crippen LogP contribution in [0.1, 0.15) is 24.3 Å². The average molecular weight is 415 g/mol. The zero-order valence-corrected chi connectivity index (χ0v) is 16.5.